The van der Waals surface area contributed by atoms with Crippen LogP contribution in [0.5, 0.6) is 5.75 Å². The van der Waals surface area contributed by atoms with E-state index in [1.54, 1.807) is 6.07 Å². The number of hydrogen-bond donors (Lipinski definition) is 1. The molecular weight excluding hydrogens is 190 g/mol. The van der Waals surface area contributed by atoms with Crippen molar-refractivity contribution < 1.29 is 18.3 Å². The summed E-state index contributed by atoms with van der Waals surface area (Å²) in [5.41, 5.74) is 0.265. The average molecular weight is 198 g/mol. The number of fused-ring (bicyclic) bond motifs is 1. The fourth-order valence-electron chi connectivity index (χ4n) is 1.26. The first kappa shape index (κ1) is 8.99. The third kappa shape index (κ3) is 1.32. The summed E-state index contributed by atoms with van der Waals surface area (Å²) in [5.74, 6) is -3.51. The Hall–Kier alpha value is -1.58. The van der Waals surface area contributed by atoms with Gasteiger partial charge in [0.05, 0.1) is 5.39 Å². The van der Waals surface area contributed by atoms with Crippen molar-refractivity contribution in [2.24, 2.45) is 0 Å². The van der Waals surface area contributed by atoms with E-state index in [1.165, 1.54) is 12.1 Å². The summed E-state index contributed by atoms with van der Waals surface area (Å²) >= 11 is 0. The van der Waals surface area contributed by atoms with Gasteiger partial charge in [0.1, 0.15) is 11.3 Å². The van der Waals surface area contributed by atoms with Gasteiger partial charge in [0.15, 0.2) is 5.76 Å². The molecule has 0 bridgehead atoms. The van der Waals surface area contributed by atoms with E-state index in [0.717, 1.165) is 13.0 Å². The predicted octanol–water partition coefficient (Wildman–Crippen LogP) is 3.25. The summed E-state index contributed by atoms with van der Waals surface area (Å²) in [4.78, 5) is 0. The second-order valence-corrected chi connectivity index (χ2v) is 3.19. The van der Waals surface area contributed by atoms with Crippen molar-refractivity contribution in [2.75, 3.05) is 0 Å². The van der Waals surface area contributed by atoms with Gasteiger partial charge in [-0.2, -0.15) is 8.78 Å². The second kappa shape index (κ2) is 2.70. The van der Waals surface area contributed by atoms with Gasteiger partial charge in [-0.15, -0.1) is 0 Å². The zero-order valence-corrected chi connectivity index (χ0v) is 7.42. The maximum atomic E-state index is 12.8. The number of halogens is 2. The molecule has 1 aromatic heterocycles. The van der Waals surface area contributed by atoms with E-state index in [9.17, 15) is 13.9 Å². The average Bonchev–Trinajstić information content (AvgIpc) is 2.48. The molecule has 2 rings (SSSR count). The molecule has 0 aliphatic rings. The number of phenolic OH excluding ortho intramolecular Hbond substituents is 1. The third-order valence-corrected chi connectivity index (χ3v) is 1.97. The number of benzene rings is 1. The van der Waals surface area contributed by atoms with Crippen molar-refractivity contribution in [3.8, 4) is 5.75 Å². The lowest BCUT2D eigenvalue weighted by atomic mass is 10.2. The van der Waals surface area contributed by atoms with Gasteiger partial charge in [0.25, 0.3) is 0 Å². The molecule has 0 radical (unpaired) electrons. The van der Waals surface area contributed by atoms with Gasteiger partial charge < -0.3 is 9.52 Å². The molecule has 1 heterocycles. The molecule has 2 aromatic rings. The summed E-state index contributed by atoms with van der Waals surface area (Å²) < 4.78 is 30.6. The Balaban J connectivity index is 2.69. The number of alkyl halides is 2. The maximum Gasteiger partial charge on any atom is 0.301 e. The predicted molar refractivity (Wildman–Crippen MR) is 47.4 cm³/mol. The topological polar surface area (TPSA) is 33.4 Å². The molecule has 74 valence electrons. The Morgan fingerprint density at radius 3 is 2.64 bits per heavy atom. The molecule has 0 saturated carbocycles. The number of hydrogen-bond acceptors (Lipinski definition) is 2. The van der Waals surface area contributed by atoms with Crippen LogP contribution in [0, 0.1) is 0 Å². The van der Waals surface area contributed by atoms with E-state index in [2.05, 4.69) is 0 Å². The van der Waals surface area contributed by atoms with Crippen molar-refractivity contribution in [3.63, 3.8) is 0 Å². The minimum Gasteiger partial charge on any atom is -0.507 e. The SMILES string of the molecule is CC(F)(F)c1cc2c(O)cccc2o1. The van der Waals surface area contributed by atoms with Crippen LogP contribution in [0.15, 0.2) is 28.7 Å². The van der Waals surface area contributed by atoms with Crippen LogP contribution in [0.4, 0.5) is 8.78 Å². The largest absolute Gasteiger partial charge is 0.507 e. The standard InChI is InChI=1S/C10H8F2O2/c1-10(11,12)9-5-6-7(13)3-2-4-8(6)14-9/h2-5,13H,1H3. The van der Waals surface area contributed by atoms with Crippen molar-refractivity contribution in [2.45, 2.75) is 12.8 Å². The van der Waals surface area contributed by atoms with E-state index in [4.69, 9.17) is 4.42 Å². The smallest absolute Gasteiger partial charge is 0.301 e. The van der Waals surface area contributed by atoms with Crippen LogP contribution in [0.3, 0.4) is 0 Å². The lowest BCUT2D eigenvalue weighted by Crippen LogP contribution is -2.04. The van der Waals surface area contributed by atoms with E-state index < -0.39 is 11.7 Å². The molecular formula is C10H8F2O2. The number of rotatable bonds is 1. The van der Waals surface area contributed by atoms with E-state index >= 15 is 0 Å². The Morgan fingerprint density at radius 1 is 1.36 bits per heavy atom. The molecule has 0 aliphatic carbocycles. The van der Waals surface area contributed by atoms with Crippen molar-refractivity contribution in [1.82, 2.24) is 0 Å². The lowest BCUT2D eigenvalue weighted by Gasteiger charge is -2.03. The fourth-order valence-corrected chi connectivity index (χ4v) is 1.26. The van der Waals surface area contributed by atoms with Crippen LogP contribution >= 0.6 is 0 Å². The highest BCUT2D eigenvalue weighted by molar-refractivity contribution is 5.84. The minimum atomic E-state index is -3.02. The Bertz CT molecular complexity index is 468. The molecule has 0 saturated heterocycles. The first-order valence-corrected chi connectivity index (χ1v) is 4.08. The number of phenols is 1. The molecule has 0 atom stereocenters. The molecule has 14 heavy (non-hydrogen) atoms. The van der Waals surface area contributed by atoms with Gasteiger partial charge in [-0.1, -0.05) is 6.07 Å². The van der Waals surface area contributed by atoms with Gasteiger partial charge in [0.2, 0.25) is 0 Å². The Labute approximate surface area is 78.8 Å². The summed E-state index contributed by atoms with van der Waals surface area (Å²) in [6.07, 6.45) is 0. The summed E-state index contributed by atoms with van der Waals surface area (Å²) in [6, 6.07) is 5.66. The Kier molecular flexibility index (Phi) is 1.74. The highest BCUT2D eigenvalue weighted by Gasteiger charge is 2.29. The monoisotopic (exact) mass is 198 g/mol. The first-order valence-electron chi connectivity index (χ1n) is 4.08. The van der Waals surface area contributed by atoms with Gasteiger partial charge >= 0.3 is 5.92 Å². The van der Waals surface area contributed by atoms with E-state index in [0.29, 0.717) is 5.39 Å². The van der Waals surface area contributed by atoms with Crippen LogP contribution in [-0.2, 0) is 5.92 Å². The molecule has 0 spiro atoms. The summed E-state index contributed by atoms with van der Waals surface area (Å²) in [7, 11) is 0. The Morgan fingerprint density at radius 2 is 2.07 bits per heavy atom. The van der Waals surface area contributed by atoms with Crippen molar-refractivity contribution >= 4 is 11.0 Å². The quantitative estimate of drug-likeness (QED) is 0.762. The van der Waals surface area contributed by atoms with Gasteiger partial charge in [0, 0.05) is 6.92 Å². The molecule has 0 aliphatic heterocycles. The van der Waals surface area contributed by atoms with Crippen LogP contribution in [0.25, 0.3) is 11.0 Å². The van der Waals surface area contributed by atoms with Crippen LogP contribution in [0.1, 0.15) is 12.7 Å². The molecule has 1 aromatic carbocycles. The molecule has 4 heteroatoms. The number of aromatic hydroxyl groups is 1. The van der Waals surface area contributed by atoms with Crippen LogP contribution in [-0.4, -0.2) is 5.11 Å². The molecule has 2 nitrogen and oxygen atoms in total. The second-order valence-electron chi connectivity index (χ2n) is 3.19. The van der Waals surface area contributed by atoms with Crippen molar-refractivity contribution in [1.29, 1.82) is 0 Å². The number of furan rings is 1. The highest BCUT2D eigenvalue weighted by Crippen LogP contribution is 2.35. The lowest BCUT2D eigenvalue weighted by molar-refractivity contribution is -0.00382. The van der Waals surface area contributed by atoms with Gasteiger partial charge in [-0.25, -0.2) is 0 Å². The fraction of sp³-hybridized carbons (Fsp3) is 0.200. The van der Waals surface area contributed by atoms with Crippen molar-refractivity contribution in [3.05, 3.63) is 30.0 Å². The van der Waals surface area contributed by atoms with E-state index in [-0.39, 0.29) is 11.3 Å². The van der Waals surface area contributed by atoms with Crippen LogP contribution in [0.2, 0.25) is 0 Å². The minimum absolute atomic E-state index is 0.0539. The first-order chi connectivity index (χ1) is 6.48. The summed E-state index contributed by atoms with van der Waals surface area (Å²) in [6.45, 7) is 0.752. The molecule has 0 unspecified atom stereocenters. The molecule has 0 amide bonds. The summed E-state index contributed by atoms with van der Waals surface area (Å²) in [5, 5.41) is 9.65. The van der Waals surface area contributed by atoms with E-state index in [1.807, 2.05) is 0 Å². The molecule has 1 N–H and O–H groups in total. The molecule has 0 fully saturated rings. The van der Waals surface area contributed by atoms with Crippen LogP contribution < -0.4 is 0 Å². The maximum absolute atomic E-state index is 12.8. The van der Waals surface area contributed by atoms with Gasteiger partial charge in [-0.3, -0.25) is 0 Å². The van der Waals surface area contributed by atoms with Gasteiger partial charge in [-0.05, 0) is 18.2 Å². The normalized spacial score (nSPS) is 12.2. The zero-order chi connectivity index (χ0) is 10.3. The highest BCUT2D eigenvalue weighted by atomic mass is 19.3. The zero-order valence-electron chi connectivity index (χ0n) is 7.42. The third-order valence-electron chi connectivity index (χ3n) is 1.97.